The number of sulfonamides is 1. The van der Waals surface area contributed by atoms with E-state index in [0.717, 1.165) is 0 Å². The molecule has 0 fully saturated rings. The van der Waals surface area contributed by atoms with Gasteiger partial charge in [-0.1, -0.05) is 35.9 Å². The lowest BCUT2D eigenvalue weighted by molar-refractivity contribution is -0.143. The van der Waals surface area contributed by atoms with Gasteiger partial charge in [-0.3, -0.25) is 9.59 Å². The van der Waals surface area contributed by atoms with Crippen molar-refractivity contribution in [2.45, 2.75) is 31.2 Å². The van der Waals surface area contributed by atoms with E-state index in [-0.39, 0.29) is 36.7 Å². The van der Waals surface area contributed by atoms with Crippen LogP contribution >= 0.6 is 11.6 Å². The van der Waals surface area contributed by atoms with E-state index in [9.17, 15) is 18.0 Å². The molecule has 0 spiro atoms. The molecule has 2 aromatic rings. The zero-order valence-electron chi connectivity index (χ0n) is 14.8. The zero-order valence-corrected chi connectivity index (χ0v) is 16.3. The normalized spacial score (nSPS) is 11.2. The first-order chi connectivity index (χ1) is 12.8. The van der Waals surface area contributed by atoms with E-state index in [1.807, 2.05) is 0 Å². The van der Waals surface area contributed by atoms with Gasteiger partial charge in [0.15, 0.2) is 5.78 Å². The lowest BCUT2D eigenvalue weighted by atomic mass is 10.0. The van der Waals surface area contributed by atoms with E-state index in [1.54, 1.807) is 31.2 Å². The summed E-state index contributed by atoms with van der Waals surface area (Å²) in [5.41, 5.74) is 1.16. The van der Waals surface area contributed by atoms with Crippen molar-refractivity contribution in [3.05, 3.63) is 64.7 Å². The molecular weight excluding hydrogens is 390 g/mol. The Labute approximate surface area is 163 Å². The first-order valence-corrected chi connectivity index (χ1v) is 10.2. The van der Waals surface area contributed by atoms with Crippen LogP contribution < -0.4 is 4.72 Å². The van der Waals surface area contributed by atoms with Crippen LogP contribution in [-0.4, -0.2) is 26.8 Å². The monoisotopic (exact) mass is 409 g/mol. The maximum absolute atomic E-state index is 12.2. The summed E-state index contributed by atoms with van der Waals surface area (Å²) in [5.74, 6) is -0.574. The van der Waals surface area contributed by atoms with Gasteiger partial charge in [-0.15, -0.1) is 0 Å². The molecule has 2 aromatic carbocycles. The van der Waals surface area contributed by atoms with E-state index in [0.29, 0.717) is 16.1 Å². The predicted molar refractivity (Wildman–Crippen MR) is 102 cm³/mol. The van der Waals surface area contributed by atoms with E-state index < -0.39 is 16.0 Å². The first kappa shape index (κ1) is 21.1. The van der Waals surface area contributed by atoms with Crippen molar-refractivity contribution in [3.63, 3.8) is 0 Å². The Morgan fingerprint density at radius 2 is 1.63 bits per heavy atom. The summed E-state index contributed by atoms with van der Waals surface area (Å²) in [5, 5.41) is 0.456. The van der Waals surface area contributed by atoms with Gasteiger partial charge < -0.3 is 4.74 Å². The van der Waals surface area contributed by atoms with Gasteiger partial charge >= 0.3 is 5.97 Å². The second-order valence-corrected chi connectivity index (χ2v) is 7.91. The molecule has 6 nitrogen and oxygen atoms in total. The van der Waals surface area contributed by atoms with Crippen LogP contribution in [0, 0.1) is 0 Å². The molecule has 0 unspecified atom stereocenters. The minimum absolute atomic E-state index is 0.0370. The van der Waals surface area contributed by atoms with Crippen LogP contribution in [0.2, 0.25) is 5.02 Å². The van der Waals surface area contributed by atoms with Crippen molar-refractivity contribution in [3.8, 4) is 0 Å². The van der Waals surface area contributed by atoms with Crippen LogP contribution in [-0.2, 0) is 26.1 Å². The second-order valence-electron chi connectivity index (χ2n) is 5.70. The number of carbonyl (C=O) groups excluding carboxylic acids is 2. The summed E-state index contributed by atoms with van der Waals surface area (Å²) in [4.78, 5) is 23.5. The van der Waals surface area contributed by atoms with Crippen LogP contribution in [0.1, 0.15) is 35.7 Å². The molecule has 0 aliphatic rings. The molecule has 0 aliphatic carbocycles. The number of rotatable bonds is 9. The van der Waals surface area contributed by atoms with Crippen LogP contribution in [0.4, 0.5) is 0 Å². The van der Waals surface area contributed by atoms with Crippen LogP contribution in [0.3, 0.4) is 0 Å². The fourth-order valence-electron chi connectivity index (χ4n) is 2.28. The third-order valence-electron chi connectivity index (χ3n) is 3.73. The molecule has 0 atom stereocenters. The highest BCUT2D eigenvalue weighted by atomic mass is 35.5. The van der Waals surface area contributed by atoms with Gasteiger partial charge in [0.1, 0.15) is 0 Å². The van der Waals surface area contributed by atoms with Gasteiger partial charge in [0.25, 0.3) is 0 Å². The van der Waals surface area contributed by atoms with E-state index in [2.05, 4.69) is 4.72 Å². The summed E-state index contributed by atoms with van der Waals surface area (Å²) in [6.45, 7) is 2.08. The first-order valence-electron chi connectivity index (χ1n) is 8.35. The number of Topliss-reactive ketones (excluding diaryl/α,β-unsaturated/α-hetero) is 1. The highest BCUT2D eigenvalue weighted by Gasteiger charge is 2.14. The molecule has 2 rings (SSSR count). The topological polar surface area (TPSA) is 89.5 Å². The number of ether oxygens (including phenoxy) is 1. The Morgan fingerprint density at radius 1 is 1.00 bits per heavy atom. The summed E-state index contributed by atoms with van der Waals surface area (Å²) < 4.78 is 31.8. The number of esters is 1. The smallest absolute Gasteiger partial charge is 0.306 e. The number of hydrogen-bond donors (Lipinski definition) is 1. The van der Waals surface area contributed by atoms with Crippen LogP contribution in [0.5, 0.6) is 0 Å². The fourth-order valence-corrected chi connectivity index (χ4v) is 3.42. The number of nitrogens with one attached hydrogen (secondary N) is 1. The lowest BCUT2D eigenvalue weighted by Crippen LogP contribution is -2.23. The van der Waals surface area contributed by atoms with E-state index in [1.165, 1.54) is 24.3 Å². The molecule has 0 heterocycles. The van der Waals surface area contributed by atoms with Gasteiger partial charge in [-0.2, -0.15) is 0 Å². The molecule has 27 heavy (non-hydrogen) atoms. The number of carbonyl (C=O) groups is 2. The minimum atomic E-state index is -3.65. The SMILES string of the molecule is CCOC(=O)CCC(=O)c1ccc(CNS(=O)(=O)c2ccc(Cl)cc2)cc1. The Kier molecular flexibility index (Phi) is 7.53. The largest absolute Gasteiger partial charge is 0.466 e. The highest BCUT2D eigenvalue weighted by molar-refractivity contribution is 7.89. The molecule has 0 amide bonds. The predicted octanol–water partition coefficient (Wildman–Crippen LogP) is 3.34. The third-order valence-corrected chi connectivity index (χ3v) is 5.40. The van der Waals surface area contributed by atoms with Gasteiger partial charge in [0.2, 0.25) is 10.0 Å². The molecule has 0 saturated heterocycles. The van der Waals surface area contributed by atoms with Crippen molar-refractivity contribution in [1.29, 1.82) is 0 Å². The summed E-state index contributed by atoms with van der Waals surface area (Å²) in [6, 6.07) is 12.4. The molecule has 0 aromatic heterocycles. The number of benzene rings is 2. The van der Waals surface area contributed by atoms with Crippen molar-refractivity contribution < 1.29 is 22.7 Å². The van der Waals surface area contributed by atoms with Gasteiger partial charge in [-0.25, -0.2) is 13.1 Å². The molecule has 0 aliphatic heterocycles. The van der Waals surface area contributed by atoms with Crippen molar-refractivity contribution >= 4 is 33.4 Å². The molecule has 0 bridgehead atoms. The summed E-state index contributed by atoms with van der Waals surface area (Å²) in [7, 11) is -3.65. The Hall–Kier alpha value is -2.22. The van der Waals surface area contributed by atoms with Gasteiger partial charge in [0.05, 0.1) is 17.9 Å². The average Bonchev–Trinajstić information content (AvgIpc) is 2.65. The summed E-state index contributed by atoms with van der Waals surface area (Å²) >= 11 is 5.76. The molecular formula is C19H20ClNO5S. The van der Waals surface area contributed by atoms with Crippen LogP contribution in [0.15, 0.2) is 53.4 Å². The molecule has 144 valence electrons. The average molecular weight is 410 g/mol. The zero-order chi connectivity index (χ0) is 19.9. The number of halogens is 1. The number of ketones is 1. The Balaban J connectivity index is 1.92. The van der Waals surface area contributed by atoms with Crippen molar-refractivity contribution in [1.82, 2.24) is 4.72 Å². The highest BCUT2D eigenvalue weighted by Crippen LogP contribution is 2.15. The maximum Gasteiger partial charge on any atom is 0.306 e. The number of hydrogen-bond acceptors (Lipinski definition) is 5. The quantitative estimate of drug-likeness (QED) is 0.506. The standard InChI is InChI=1S/C19H20ClNO5S/c1-2-26-19(23)12-11-18(22)15-5-3-14(4-6-15)13-21-27(24,25)17-9-7-16(20)8-10-17/h3-10,21H,2,11-13H2,1H3. The maximum atomic E-state index is 12.2. The Bertz CT molecular complexity index is 893. The second kappa shape index (κ2) is 9.64. The van der Waals surface area contributed by atoms with Crippen LogP contribution in [0.25, 0.3) is 0 Å². The van der Waals surface area contributed by atoms with Crippen molar-refractivity contribution in [2.75, 3.05) is 6.61 Å². The molecule has 0 radical (unpaired) electrons. The van der Waals surface area contributed by atoms with Gasteiger partial charge in [0, 0.05) is 23.6 Å². The van der Waals surface area contributed by atoms with Crippen molar-refractivity contribution in [2.24, 2.45) is 0 Å². The molecule has 8 heteroatoms. The van der Waals surface area contributed by atoms with E-state index >= 15 is 0 Å². The lowest BCUT2D eigenvalue weighted by Gasteiger charge is -2.08. The minimum Gasteiger partial charge on any atom is -0.466 e. The molecule has 0 saturated carbocycles. The van der Waals surface area contributed by atoms with Gasteiger partial charge in [-0.05, 0) is 36.8 Å². The summed E-state index contributed by atoms with van der Waals surface area (Å²) in [6.07, 6.45) is 0.108. The molecule has 1 N–H and O–H groups in total. The fraction of sp³-hybridized carbons (Fsp3) is 0.263. The Morgan fingerprint density at radius 3 is 2.22 bits per heavy atom. The van der Waals surface area contributed by atoms with E-state index in [4.69, 9.17) is 16.3 Å². The third kappa shape index (κ3) is 6.46.